The van der Waals surface area contributed by atoms with E-state index in [-0.39, 0.29) is 11.9 Å². The van der Waals surface area contributed by atoms with E-state index in [4.69, 9.17) is 27.9 Å². The summed E-state index contributed by atoms with van der Waals surface area (Å²) in [6.45, 7) is 2.27. The van der Waals surface area contributed by atoms with E-state index in [0.717, 1.165) is 5.56 Å². The highest BCUT2D eigenvalue weighted by atomic mass is 35.5. The maximum Gasteiger partial charge on any atom is 0.239 e. The molecule has 0 radical (unpaired) electrons. The van der Waals surface area contributed by atoms with Crippen LogP contribution in [-0.2, 0) is 16.0 Å². The van der Waals surface area contributed by atoms with E-state index in [0.29, 0.717) is 42.8 Å². The van der Waals surface area contributed by atoms with Crippen LogP contribution in [0.15, 0.2) is 18.2 Å². The zero-order valence-electron chi connectivity index (χ0n) is 10.4. The Hall–Kier alpha value is -0.810. The van der Waals surface area contributed by atoms with Crippen LogP contribution < -0.4 is 10.6 Å². The van der Waals surface area contributed by atoms with Gasteiger partial charge in [0.2, 0.25) is 5.91 Å². The Morgan fingerprint density at radius 2 is 2.16 bits per heavy atom. The van der Waals surface area contributed by atoms with Crippen LogP contribution >= 0.6 is 23.2 Å². The molecule has 19 heavy (non-hydrogen) atoms. The van der Waals surface area contributed by atoms with Crippen molar-refractivity contribution in [3.05, 3.63) is 33.8 Å². The lowest BCUT2D eigenvalue weighted by atomic mass is 10.1. The number of amides is 1. The van der Waals surface area contributed by atoms with Crippen LogP contribution in [0.25, 0.3) is 0 Å². The van der Waals surface area contributed by atoms with Gasteiger partial charge in [0.25, 0.3) is 0 Å². The number of morpholine rings is 1. The average molecular weight is 303 g/mol. The number of ether oxygens (including phenoxy) is 1. The number of hydrogen-bond acceptors (Lipinski definition) is 3. The van der Waals surface area contributed by atoms with Gasteiger partial charge in [0.05, 0.1) is 13.2 Å². The Labute approximate surface area is 122 Å². The highest BCUT2D eigenvalue weighted by molar-refractivity contribution is 6.35. The van der Waals surface area contributed by atoms with E-state index in [9.17, 15) is 4.79 Å². The van der Waals surface area contributed by atoms with Gasteiger partial charge in [-0.25, -0.2) is 0 Å². The summed E-state index contributed by atoms with van der Waals surface area (Å²) in [6.07, 6.45) is 0.609. The lowest BCUT2D eigenvalue weighted by molar-refractivity contribution is -0.125. The van der Waals surface area contributed by atoms with Crippen molar-refractivity contribution < 1.29 is 9.53 Å². The second-order valence-corrected chi connectivity index (χ2v) is 5.14. The van der Waals surface area contributed by atoms with Gasteiger partial charge >= 0.3 is 0 Å². The number of halogens is 2. The molecule has 1 aliphatic heterocycles. The minimum Gasteiger partial charge on any atom is -0.378 e. The zero-order chi connectivity index (χ0) is 13.7. The van der Waals surface area contributed by atoms with Crippen molar-refractivity contribution in [2.75, 3.05) is 26.3 Å². The average Bonchev–Trinajstić information content (AvgIpc) is 2.43. The van der Waals surface area contributed by atoms with Gasteiger partial charge in [-0.1, -0.05) is 29.3 Å². The molecule has 1 fully saturated rings. The van der Waals surface area contributed by atoms with Gasteiger partial charge in [-0.2, -0.15) is 0 Å². The molecule has 1 saturated heterocycles. The SMILES string of the molecule is O=C(NCCc1c(Cl)cccc1Cl)C1COCCN1. The predicted molar refractivity (Wildman–Crippen MR) is 75.8 cm³/mol. The molecule has 1 unspecified atom stereocenters. The topological polar surface area (TPSA) is 50.4 Å². The first kappa shape index (κ1) is 14.6. The highest BCUT2D eigenvalue weighted by Gasteiger charge is 2.20. The predicted octanol–water partition coefficient (Wildman–Crippen LogP) is 1.64. The molecule has 0 spiro atoms. The van der Waals surface area contributed by atoms with E-state index < -0.39 is 0 Å². The van der Waals surface area contributed by atoms with Crippen molar-refractivity contribution >= 4 is 29.1 Å². The van der Waals surface area contributed by atoms with Gasteiger partial charge < -0.3 is 15.4 Å². The van der Waals surface area contributed by atoms with Gasteiger partial charge in [-0.05, 0) is 24.1 Å². The van der Waals surface area contributed by atoms with E-state index >= 15 is 0 Å². The normalized spacial score (nSPS) is 19.2. The first-order valence-electron chi connectivity index (χ1n) is 6.20. The van der Waals surface area contributed by atoms with Gasteiger partial charge in [-0.3, -0.25) is 4.79 Å². The van der Waals surface area contributed by atoms with Crippen molar-refractivity contribution in [1.82, 2.24) is 10.6 Å². The summed E-state index contributed by atoms with van der Waals surface area (Å²) in [5.41, 5.74) is 0.860. The smallest absolute Gasteiger partial charge is 0.239 e. The van der Waals surface area contributed by atoms with Crippen LogP contribution in [0, 0.1) is 0 Å². The summed E-state index contributed by atoms with van der Waals surface area (Å²) >= 11 is 12.1. The number of rotatable bonds is 4. The fourth-order valence-corrected chi connectivity index (χ4v) is 2.53. The number of benzene rings is 1. The fraction of sp³-hybridized carbons (Fsp3) is 0.462. The lowest BCUT2D eigenvalue weighted by Crippen LogP contribution is -2.51. The third kappa shape index (κ3) is 4.08. The summed E-state index contributed by atoms with van der Waals surface area (Å²) in [4.78, 5) is 11.8. The molecule has 1 atom stereocenters. The molecule has 0 saturated carbocycles. The minimum absolute atomic E-state index is 0.0529. The number of hydrogen-bond donors (Lipinski definition) is 2. The second-order valence-electron chi connectivity index (χ2n) is 4.32. The summed E-state index contributed by atoms with van der Waals surface area (Å²) in [5, 5.41) is 7.21. The van der Waals surface area contributed by atoms with Crippen molar-refractivity contribution in [1.29, 1.82) is 0 Å². The molecule has 1 aromatic rings. The molecule has 0 aromatic heterocycles. The Morgan fingerprint density at radius 3 is 2.79 bits per heavy atom. The third-order valence-electron chi connectivity index (χ3n) is 2.97. The molecule has 1 aliphatic rings. The van der Waals surface area contributed by atoms with Crippen molar-refractivity contribution in [2.24, 2.45) is 0 Å². The molecule has 1 amide bonds. The number of carbonyl (C=O) groups is 1. The minimum atomic E-state index is -0.268. The molecule has 0 aliphatic carbocycles. The van der Waals surface area contributed by atoms with Gasteiger partial charge in [0.15, 0.2) is 0 Å². The molecule has 0 bridgehead atoms. The highest BCUT2D eigenvalue weighted by Crippen LogP contribution is 2.24. The van der Waals surface area contributed by atoms with E-state index in [1.165, 1.54) is 0 Å². The molecular weight excluding hydrogens is 287 g/mol. The van der Waals surface area contributed by atoms with Crippen molar-refractivity contribution in [3.63, 3.8) is 0 Å². The van der Waals surface area contributed by atoms with Crippen molar-refractivity contribution in [3.8, 4) is 0 Å². The Morgan fingerprint density at radius 1 is 1.42 bits per heavy atom. The molecule has 2 N–H and O–H groups in total. The van der Waals surface area contributed by atoms with E-state index in [2.05, 4.69) is 10.6 Å². The van der Waals surface area contributed by atoms with Crippen LogP contribution in [0.4, 0.5) is 0 Å². The first-order chi connectivity index (χ1) is 9.18. The summed E-state index contributed by atoms with van der Waals surface area (Å²) < 4.78 is 5.24. The molecule has 104 valence electrons. The molecule has 6 heteroatoms. The molecule has 1 heterocycles. The van der Waals surface area contributed by atoms with E-state index in [1.54, 1.807) is 18.2 Å². The first-order valence-corrected chi connectivity index (χ1v) is 6.96. The quantitative estimate of drug-likeness (QED) is 0.889. The maximum absolute atomic E-state index is 11.8. The summed E-state index contributed by atoms with van der Waals surface area (Å²) in [7, 11) is 0. The van der Waals surface area contributed by atoms with Crippen LogP contribution in [0.2, 0.25) is 10.0 Å². The summed E-state index contributed by atoms with van der Waals surface area (Å²) in [5.74, 6) is -0.0529. The fourth-order valence-electron chi connectivity index (χ4n) is 1.94. The van der Waals surface area contributed by atoms with Crippen LogP contribution in [0.1, 0.15) is 5.56 Å². The summed E-state index contributed by atoms with van der Waals surface area (Å²) in [6, 6.07) is 5.12. The van der Waals surface area contributed by atoms with E-state index in [1.807, 2.05) is 0 Å². The Bertz CT molecular complexity index is 428. The van der Waals surface area contributed by atoms with Gasteiger partial charge in [-0.15, -0.1) is 0 Å². The second kappa shape index (κ2) is 7.10. The van der Waals surface area contributed by atoms with Crippen LogP contribution in [0.5, 0.6) is 0 Å². The standard InChI is InChI=1S/C13H16Cl2N2O2/c14-10-2-1-3-11(15)9(10)4-5-17-13(18)12-8-19-7-6-16-12/h1-3,12,16H,4-8H2,(H,17,18). The van der Waals surface area contributed by atoms with Crippen LogP contribution in [0.3, 0.4) is 0 Å². The van der Waals surface area contributed by atoms with Gasteiger partial charge in [0, 0.05) is 23.1 Å². The largest absolute Gasteiger partial charge is 0.378 e. The monoisotopic (exact) mass is 302 g/mol. The Kier molecular flexibility index (Phi) is 5.45. The maximum atomic E-state index is 11.8. The third-order valence-corrected chi connectivity index (χ3v) is 3.68. The molecule has 1 aromatic carbocycles. The molecule has 2 rings (SSSR count). The number of carbonyl (C=O) groups excluding carboxylic acids is 1. The molecular formula is C13H16Cl2N2O2. The molecule has 4 nitrogen and oxygen atoms in total. The number of nitrogens with one attached hydrogen (secondary N) is 2. The zero-order valence-corrected chi connectivity index (χ0v) is 11.9. The van der Waals surface area contributed by atoms with Gasteiger partial charge in [0.1, 0.15) is 6.04 Å². The van der Waals surface area contributed by atoms with Crippen LogP contribution in [-0.4, -0.2) is 38.3 Å². The van der Waals surface area contributed by atoms with Crippen molar-refractivity contribution in [2.45, 2.75) is 12.5 Å². The lowest BCUT2D eigenvalue weighted by Gasteiger charge is -2.22. The Balaban J connectivity index is 1.81.